The summed E-state index contributed by atoms with van der Waals surface area (Å²) >= 11 is 0. The average Bonchev–Trinajstić information content (AvgIpc) is 3.22. The largest absolute Gasteiger partial charge is 0.461 e. The Bertz CT molecular complexity index is 1130. The summed E-state index contributed by atoms with van der Waals surface area (Å²) in [5.41, 5.74) is 3.69. The second kappa shape index (κ2) is 9.63. The van der Waals surface area contributed by atoms with Crippen LogP contribution in [0.25, 0.3) is 11.3 Å². The number of amides is 2. The number of carbonyl (C=O) groups excluding carboxylic acids is 2. The average molecular weight is 445 g/mol. The number of nitrogens with zero attached hydrogens (tertiary/aromatic N) is 1. The molecule has 1 N–H and O–H groups in total. The molecule has 1 fully saturated rings. The van der Waals surface area contributed by atoms with Gasteiger partial charge in [0.1, 0.15) is 18.1 Å². The summed E-state index contributed by atoms with van der Waals surface area (Å²) in [6.45, 7) is 1.71. The fourth-order valence-corrected chi connectivity index (χ4v) is 4.36. The zero-order chi connectivity index (χ0) is 22.6. The molecule has 1 aliphatic carbocycles. The number of fused-ring (bicyclic) bond motifs is 1. The fourth-order valence-electron chi connectivity index (χ4n) is 4.36. The number of rotatable bonds is 7. The molecular weight excluding hydrogens is 416 g/mol. The molecule has 0 bridgehead atoms. The molecule has 0 unspecified atom stereocenters. The predicted molar refractivity (Wildman–Crippen MR) is 125 cm³/mol. The lowest BCUT2D eigenvalue weighted by Crippen LogP contribution is -2.41. The highest BCUT2D eigenvalue weighted by Crippen LogP contribution is 2.33. The summed E-state index contributed by atoms with van der Waals surface area (Å²) in [5.74, 6) is 2.01. The van der Waals surface area contributed by atoms with Crippen molar-refractivity contribution in [3.05, 3.63) is 77.6 Å². The zero-order valence-electron chi connectivity index (χ0n) is 18.6. The molecule has 2 aliphatic rings. The van der Waals surface area contributed by atoms with Crippen LogP contribution in [0.1, 0.15) is 36.1 Å². The van der Waals surface area contributed by atoms with Gasteiger partial charge in [0.2, 0.25) is 11.8 Å². The lowest BCUT2D eigenvalue weighted by Gasteiger charge is -2.33. The molecule has 2 heterocycles. The first-order valence-electron chi connectivity index (χ1n) is 11.6. The highest BCUT2D eigenvalue weighted by molar-refractivity contribution is 5.92. The van der Waals surface area contributed by atoms with Gasteiger partial charge in [-0.15, -0.1) is 0 Å². The van der Waals surface area contributed by atoms with Crippen LogP contribution in [0.4, 0.5) is 5.69 Å². The van der Waals surface area contributed by atoms with Gasteiger partial charge < -0.3 is 19.4 Å². The predicted octanol–water partition coefficient (Wildman–Crippen LogP) is 4.79. The van der Waals surface area contributed by atoms with E-state index in [4.69, 9.17) is 9.15 Å². The Balaban J connectivity index is 1.19. The van der Waals surface area contributed by atoms with Crippen LogP contribution in [0.3, 0.4) is 0 Å². The molecule has 0 atom stereocenters. The molecule has 2 amide bonds. The van der Waals surface area contributed by atoms with E-state index >= 15 is 0 Å². The smallest absolute Gasteiger partial charge is 0.250 e. The van der Waals surface area contributed by atoms with Gasteiger partial charge in [-0.1, -0.05) is 48.9 Å². The van der Waals surface area contributed by atoms with Crippen molar-refractivity contribution in [1.29, 1.82) is 0 Å². The van der Waals surface area contributed by atoms with E-state index in [1.54, 1.807) is 0 Å². The molecule has 5 rings (SSSR count). The molecule has 1 aliphatic heterocycles. The van der Waals surface area contributed by atoms with E-state index in [1.165, 1.54) is 0 Å². The Hall–Kier alpha value is -3.38. The highest BCUT2D eigenvalue weighted by atomic mass is 16.5. The van der Waals surface area contributed by atoms with Crippen molar-refractivity contribution >= 4 is 17.5 Å². The van der Waals surface area contributed by atoms with E-state index in [-0.39, 0.29) is 24.3 Å². The molecule has 1 aromatic heterocycles. The van der Waals surface area contributed by atoms with Crippen molar-refractivity contribution in [1.82, 2.24) is 4.90 Å². The van der Waals surface area contributed by atoms with Crippen LogP contribution < -0.4 is 5.32 Å². The van der Waals surface area contributed by atoms with Crippen LogP contribution in [0.5, 0.6) is 0 Å². The van der Waals surface area contributed by atoms with Gasteiger partial charge in [-0.25, -0.2) is 0 Å². The minimum atomic E-state index is -0.202. The monoisotopic (exact) mass is 444 g/mol. The van der Waals surface area contributed by atoms with Gasteiger partial charge in [-0.05, 0) is 36.6 Å². The molecule has 3 aromatic rings. The van der Waals surface area contributed by atoms with Crippen molar-refractivity contribution < 1.29 is 18.7 Å². The summed E-state index contributed by atoms with van der Waals surface area (Å²) in [5, 5.41) is 2.89. The summed E-state index contributed by atoms with van der Waals surface area (Å²) in [7, 11) is 0. The molecule has 170 valence electrons. The van der Waals surface area contributed by atoms with E-state index in [1.807, 2.05) is 65.6 Å². The van der Waals surface area contributed by atoms with Gasteiger partial charge in [-0.3, -0.25) is 9.59 Å². The van der Waals surface area contributed by atoms with Crippen LogP contribution in [-0.2, 0) is 33.9 Å². The number of hydrogen-bond acceptors (Lipinski definition) is 4. The maximum atomic E-state index is 12.6. The zero-order valence-corrected chi connectivity index (χ0v) is 18.6. The van der Waals surface area contributed by atoms with Crippen molar-refractivity contribution in [3.8, 4) is 11.3 Å². The number of nitrogens with one attached hydrogen (secondary N) is 1. The summed E-state index contributed by atoms with van der Waals surface area (Å²) in [4.78, 5) is 26.9. The van der Waals surface area contributed by atoms with Crippen LogP contribution >= 0.6 is 0 Å². The Morgan fingerprint density at radius 3 is 2.70 bits per heavy atom. The molecule has 0 saturated heterocycles. The first-order valence-corrected chi connectivity index (χ1v) is 11.6. The molecule has 6 nitrogen and oxygen atoms in total. The molecule has 33 heavy (non-hydrogen) atoms. The van der Waals surface area contributed by atoms with E-state index in [2.05, 4.69) is 5.32 Å². The summed E-state index contributed by atoms with van der Waals surface area (Å²) < 4.78 is 11.6. The van der Waals surface area contributed by atoms with Gasteiger partial charge in [0.15, 0.2) is 0 Å². The molecule has 0 radical (unpaired) electrons. The molecule has 2 aromatic carbocycles. The van der Waals surface area contributed by atoms with Gasteiger partial charge in [0, 0.05) is 42.2 Å². The van der Waals surface area contributed by atoms with Crippen LogP contribution in [0.15, 0.2) is 65.1 Å². The fraction of sp³-hybridized carbons (Fsp3) is 0.333. The second-order valence-corrected chi connectivity index (χ2v) is 8.80. The van der Waals surface area contributed by atoms with Gasteiger partial charge in [0.05, 0.1) is 6.61 Å². The van der Waals surface area contributed by atoms with E-state index in [9.17, 15) is 9.59 Å². The number of carbonyl (C=O) groups is 2. The number of benzene rings is 2. The first kappa shape index (κ1) is 21.5. The van der Waals surface area contributed by atoms with Gasteiger partial charge in [0.25, 0.3) is 0 Å². The second-order valence-electron chi connectivity index (χ2n) is 8.80. The van der Waals surface area contributed by atoms with Gasteiger partial charge >= 0.3 is 0 Å². The van der Waals surface area contributed by atoms with E-state index < -0.39 is 0 Å². The third-order valence-corrected chi connectivity index (χ3v) is 6.41. The van der Waals surface area contributed by atoms with Crippen LogP contribution in [0.2, 0.25) is 0 Å². The molecule has 6 heteroatoms. The lowest BCUT2D eigenvalue weighted by atomic mass is 9.84. The van der Waals surface area contributed by atoms with E-state index in [0.717, 1.165) is 53.9 Å². The van der Waals surface area contributed by atoms with E-state index in [0.29, 0.717) is 25.4 Å². The minimum absolute atomic E-state index is 0.0149. The molecule has 0 spiro atoms. The molecule has 1 saturated carbocycles. The highest BCUT2D eigenvalue weighted by Gasteiger charge is 2.32. The topological polar surface area (TPSA) is 71.8 Å². The van der Waals surface area contributed by atoms with Gasteiger partial charge in [-0.2, -0.15) is 0 Å². The summed E-state index contributed by atoms with van der Waals surface area (Å²) in [6.07, 6.45) is 3.95. The minimum Gasteiger partial charge on any atom is -0.461 e. The third-order valence-electron chi connectivity index (χ3n) is 6.41. The number of anilines is 1. The van der Waals surface area contributed by atoms with Crippen molar-refractivity contribution in [2.75, 3.05) is 18.5 Å². The van der Waals surface area contributed by atoms with Crippen molar-refractivity contribution in [2.24, 2.45) is 5.92 Å². The number of ether oxygens (including phenoxy) is 1. The standard InChI is InChI=1S/C27H28N2O4/c30-26(18-32-17-19-6-2-1-3-7-19)28-23-11-5-10-21(14-23)25-15-22-16-29(13-12-24(22)33-25)27(31)20-8-4-9-20/h1-3,5-7,10-11,14-15,20H,4,8-9,12-13,16-18H2,(H,28,30). The quantitative estimate of drug-likeness (QED) is 0.569. The van der Waals surface area contributed by atoms with Crippen LogP contribution in [0, 0.1) is 5.92 Å². The number of hydrogen-bond donors (Lipinski definition) is 1. The SMILES string of the molecule is O=C(COCc1ccccc1)Nc1cccc(-c2cc3c(o2)CCN(C(=O)C2CCC2)C3)c1. The van der Waals surface area contributed by atoms with Crippen molar-refractivity contribution in [3.63, 3.8) is 0 Å². The molecular formula is C27H28N2O4. The normalized spacial score (nSPS) is 15.6. The Morgan fingerprint density at radius 2 is 1.91 bits per heavy atom. The van der Waals surface area contributed by atoms with Crippen molar-refractivity contribution in [2.45, 2.75) is 38.8 Å². The Kier molecular flexibility index (Phi) is 6.26. The third kappa shape index (κ3) is 5.01. The Labute approximate surface area is 193 Å². The van der Waals surface area contributed by atoms with Crippen LogP contribution in [-0.4, -0.2) is 29.9 Å². The lowest BCUT2D eigenvalue weighted by molar-refractivity contribution is -0.139. The summed E-state index contributed by atoms with van der Waals surface area (Å²) in [6, 6.07) is 19.4. The maximum Gasteiger partial charge on any atom is 0.250 e. The first-order chi connectivity index (χ1) is 16.2. The number of furan rings is 1. The maximum absolute atomic E-state index is 12.6. The Morgan fingerprint density at radius 1 is 1.06 bits per heavy atom.